The van der Waals surface area contributed by atoms with E-state index in [-0.39, 0.29) is 0 Å². The normalized spacial score (nSPS) is 9.83. The van der Waals surface area contributed by atoms with E-state index in [9.17, 15) is 0 Å². The van der Waals surface area contributed by atoms with Crippen molar-refractivity contribution in [3.8, 4) is 6.07 Å². The van der Waals surface area contributed by atoms with Gasteiger partial charge in [-0.3, -0.25) is 0 Å². The molecule has 0 aliphatic rings. The highest BCUT2D eigenvalue weighted by molar-refractivity contribution is 5.25. The van der Waals surface area contributed by atoms with Crippen LogP contribution in [-0.4, -0.2) is 4.98 Å². The number of nitrogens with zero attached hydrogens (tertiary/aromatic N) is 2. The zero-order chi connectivity index (χ0) is 8.97. The molecule has 0 amide bonds. The van der Waals surface area contributed by atoms with E-state index < -0.39 is 0 Å². The number of pyridine rings is 1. The van der Waals surface area contributed by atoms with E-state index in [1.807, 2.05) is 18.2 Å². The van der Waals surface area contributed by atoms with Gasteiger partial charge in [0.15, 0.2) is 0 Å². The Morgan fingerprint density at radius 2 is 2.33 bits per heavy atom. The van der Waals surface area contributed by atoms with E-state index in [1.54, 1.807) is 6.20 Å². The van der Waals surface area contributed by atoms with Crippen molar-refractivity contribution in [2.45, 2.75) is 20.3 Å². The maximum absolute atomic E-state index is 8.58. The van der Waals surface area contributed by atoms with Gasteiger partial charge in [0.2, 0.25) is 0 Å². The van der Waals surface area contributed by atoms with Crippen LogP contribution in [0.5, 0.6) is 0 Å². The van der Waals surface area contributed by atoms with E-state index >= 15 is 0 Å². The standard InChI is InChI=1S/C10H12N2/c1-8(2)5-9-3-4-12-10(6-9)7-11/h3-4,6,8H,5H2,1-2H3. The SMILES string of the molecule is CC(C)Cc1ccnc(C#N)c1. The third kappa shape index (κ3) is 2.35. The minimum Gasteiger partial charge on any atom is -0.246 e. The molecule has 0 unspecified atom stereocenters. The third-order valence-electron chi connectivity index (χ3n) is 1.58. The van der Waals surface area contributed by atoms with Crippen LogP contribution in [0, 0.1) is 17.2 Å². The van der Waals surface area contributed by atoms with Crippen LogP contribution < -0.4 is 0 Å². The van der Waals surface area contributed by atoms with Gasteiger partial charge >= 0.3 is 0 Å². The van der Waals surface area contributed by atoms with Gasteiger partial charge in [0.05, 0.1) is 0 Å². The molecule has 0 radical (unpaired) electrons. The van der Waals surface area contributed by atoms with Crippen molar-refractivity contribution in [3.05, 3.63) is 29.6 Å². The van der Waals surface area contributed by atoms with Crippen LogP contribution in [0.4, 0.5) is 0 Å². The summed E-state index contributed by atoms with van der Waals surface area (Å²) in [6.07, 6.45) is 2.70. The van der Waals surface area contributed by atoms with Crippen LogP contribution in [-0.2, 0) is 6.42 Å². The lowest BCUT2D eigenvalue weighted by Gasteiger charge is -2.03. The molecule has 1 heterocycles. The molecule has 0 bridgehead atoms. The van der Waals surface area contributed by atoms with Crippen LogP contribution in [0.3, 0.4) is 0 Å². The summed E-state index contributed by atoms with van der Waals surface area (Å²) in [6, 6.07) is 5.84. The maximum Gasteiger partial charge on any atom is 0.140 e. The fourth-order valence-electron chi connectivity index (χ4n) is 1.13. The monoisotopic (exact) mass is 160 g/mol. The molecule has 0 N–H and O–H groups in total. The minimum absolute atomic E-state index is 0.508. The summed E-state index contributed by atoms with van der Waals surface area (Å²) in [5.74, 6) is 0.624. The predicted octanol–water partition coefficient (Wildman–Crippen LogP) is 2.15. The van der Waals surface area contributed by atoms with Crippen molar-refractivity contribution >= 4 is 0 Å². The highest BCUT2D eigenvalue weighted by atomic mass is 14.7. The number of hydrogen-bond acceptors (Lipinski definition) is 2. The average Bonchev–Trinajstić information content (AvgIpc) is 2.03. The molecular weight excluding hydrogens is 148 g/mol. The second-order valence-corrected chi connectivity index (χ2v) is 3.26. The fourth-order valence-corrected chi connectivity index (χ4v) is 1.13. The first-order valence-electron chi connectivity index (χ1n) is 4.07. The van der Waals surface area contributed by atoms with Gasteiger partial charge in [0.1, 0.15) is 11.8 Å². The van der Waals surface area contributed by atoms with Crippen molar-refractivity contribution in [1.29, 1.82) is 5.26 Å². The Kier molecular flexibility index (Phi) is 2.82. The molecule has 1 aromatic rings. The summed E-state index contributed by atoms with van der Waals surface area (Å²) >= 11 is 0. The van der Waals surface area contributed by atoms with Crippen LogP contribution in [0.2, 0.25) is 0 Å². The Morgan fingerprint density at radius 1 is 1.58 bits per heavy atom. The number of nitriles is 1. The fraction of sp³-hybridized carbons (Fsp3) is 0.400. The van der Waals surface area contributed by atoms with E-state index in [2.05, 4.69) is 18.8 Å². The van der Waals surface area contributed by atoms with Crippen LogP contribution >= 0.6 is 0 Å². The molecule has 2 nitrogen and oxygen atoms in total. The molecule has 1 rings (SSSR count). The maximum atomic E-state index is 8.58. The Hall–Kier alpha value is -1.36. The van der Waals surface area contributed by atoms with Crippen LogP contribution in [0.25, 0.3) is 0 Å². The first-order valence-corrected chi connectivity index (χ1v) is 4.07. The molecule has 0 saturated carbocycles. The lowest BCUT2D eigenvalue weighted by molar-refractivity contribution is 0.646. The number of aromatic nitrogens is 1. The molecule has 0 aromatic carbocycles. The highest BCUT2D eigenvalue weighted by Gasteiger charge is 1.98. The topological polar surface area (TPSA) is 36.7 Å². The minimum atomic E-state index is 0.508. The molecule has 0 aliphatic carbocycles. The van der Waals surface area contributed by atoms with Crippen LogP contribution in [0.1, 0.15) is 25.1 Å². The van der Waals surface area contributed by atoms with Gasteiger partial charge in [-0.1, -0.05) is 13.8 Å². The zero-order valence-electron chi connectivity index (χ0n) is 7.41. The average molecular weight is 160 g/mol. The van der Waals surface area contributed by atoms with Gasteiger partial charge in [-0.2, -0.15) is 5.26 Å². The zero-order valence-corrected chi connectivity index (χ0v) is 7.41. The summed E-state index contributed by atoms with van der Waals surface area (Å²) < 4.78 is 0. The molecule has 0 saturated heterocycles. The van der Waals surface area contributed by atoms with Gasteiger partial charge in [-0.25, -0.2) is 4.98 Å². The molecule has 1 aromatic heterocycles. The van der Waals surface area contributed by atoms with E-state index in [0.29, 0.717) is 11.6 Å². The van der Waals surface area contributed by atoms with Crippen molar-refractivity contribution in [2.75, 3.05) is 0 Å². The molecule has 0 aliphatic heterocycles. The van der Waals surface area contributed by atoms with Gasteiger partial charge in [0, 0.05) is 6.20 Å². The molecule has 12 heavy (non-hydrogen) atoms. The van der Waals surface area contributed by atoms with Crippen molar-refractivity contribution in [2.24, 2.45) is 5.92 Å². The Balaban J connectivity index is 2.81. The van der Waals surface area contributed by atoms with Crippen molar-refractivity contribution in [3.63, 3.8) is 0 Å². The van der Waals surface area contributed by atoms with E-state index in [4.69, 9.17) is 5.26 Å². The second-order valence-electron chi connectivity index (χ2n) is 3.26. The Morgan fingerprint density at radius 3 is 2.92 bits per heavy atom. The molecule has 0 spiro atoms. The first-order chi connectivity index (χ1) is 5.72. The summed E-state index contributed by atoms with van der Waals surface area (Å²) in [4.78, 5) is 3.90. The van der Waals surface area contributed by atoms with Crippen molar-refractivity contribution in [1.82, 2.24) is 4.98 Å². The second kappa shape index (κ2) is 3.87. The molecular formula is C10H12N2. The predicted molar refractivity (Wildman–Crippen MR) is 47.5 cm³/mol. The lowest BCUT2D eigenvalue weighted by atomic mass is 10.0. The van der Waals surface area contributed by atoms with Crippen LogP contribution in [0.15, 0.2) is 18.3 Å². The summed E-state index contributed by atoms with van der Waals surface area (Å²) in [7, 11) is 0. The largest absolute Gasteiger partial charge is 0.246 e. The first kappa shape index (κ1) is 8.73. The molecule has 0 atom stereocenters. The van der Waals surface area contributed by atoms with Gasteiger partial charge < -0.3 is 0 Å². The molecule has 62 valence electrons. The molecule has 2 heteroatoms. The Bertz CT molecular complexity index is 297. The summed E-state index contributed by atoms with van der Waals surface area (Å²) in [5, 5.41) is 8.58. The highest BCUT2D eigenvalue weighted by Crippen LogP contribution is 2.07. The van der Waals surface area contributed by atoms with Gasteiger partial charge in [0.25, 0.3) is 0 Å². The summed E-state index contributed by atoms with van der Waals surface area (Å²) in [5.41, 5.74) is 1.70. The van der Waals surface area contributed by atoms with E-state index in [0.717, 1.165) is 6.42 Å². The van der Waals surface area contributed by atoms with Crippen molar-refractivity contribution < 1.29 is 0 Å². The smallest absolute Gasteiger partial charge is 0.140 e. The number of hydrogen-bond donors (Lipinski definition) is 0. The third-order valence-corrected chi connectivity index (χ3v) is 1.58. The van der Waals surface area contributed by atoms with E-state index in [1.165, 1.54) is 5.56 Å². The number of rotatable bonds is 2. The van der Waals surface area contributed by atoms with Gasteiger partial charge in [-0.05, 0) is 30.0 Å². The summed E-state index contributed by atoms with van der Waals surface area (Å²) in [6.45, 7) is 4.32. The molecule has 0 fully saturated rings. The Labute approximate surface area is 72.9 Å². The quantitative estimate of drug-likeness (QED) is 0.664. The van der Waals surface area contributed by atoms with Gasteiger partial charge in [-0.15, -0.1) is 0 Å². The lowest BCUT2D eigenvalue weighted by Crippen LogP contribution is -1.95.